The zero-order valence-electron chi connectivity index (χ0n) is 12.6. The Bertz CT molecular complexity index is 450. The van der Waals surface area contributed by atoms with E-state index in [1.165, 1.54) is 22.3 Å². The third-order valence-corrected chi connectivity index (χ3v) is 4.00. The predicted molar refractivity (Wildman–Crippen MR) is 77.0 cm³/mol. The van der Waals surface area contributed by atoms with E-state index in [0.717, 1.165) is 5.70 Å². The molecule has 1 atom stereocenters. The van der Waals surface area contributed by atoms with Gasteiger partial charge in [-0.3, -0.25) is 4.79 Å². The van der Waals surface area contributed by atoms with Gasteiger partial charge >= 0.3 is 0 Å². The predicted octanol–water partition coefficient (Wildman–Crippen LogP) is 3.97. The Morgan fingerprint density at radius 2 is 1.78 bits per heavy atom. The topological polar surface area (TPSA) is 29.1 Å². The molecule has 1 aliphatic carbocycles. The standard InChI is InChI=1S/C16H25NO/c1-8-14(17-16(18)9(2)3)15-12(6)10(4)11(5)13(15)7/h8-9,12H,1-7H3,(H,17,18)/b14-8-. The first kappa shape index (κ1) is 14.7. The summed E-state index contributed by atoms with van der Waals surface area (Å²) in [7, 11) is 0. The van der Waals surface area contributed by atoms with Crippen molar-refractivity contribution in [2.75, 3.05) is 0 Å². The van der Waals surface area contributed by atoms with E-state index in [-0.39, 0.29) is 11.8 Å². The van der Waals surface area contributed by atoms with Crippen LogP contribution in [0.2, 0.25) is 0 Å². The van der Waals surface area contributed by atoms with Crippen LogP contribution >= 0.6 is 0 Å². The van der Waals surface area contributed by atoms with Crippen molar-refractivity contribution < 1.29 is 4.79 Å². The Morgan fingerprint density at radius 3 is 2.11 bits per heavy atom. The number of hydrogen-bond acceptors (Lipinski definition) is 1. The summed E-state index contributed by atoms with van der Waals surface area (Å²) in [6.07, 6.45) is 2.00. The Morgan fingerprint density at radius 1 is 1.22 bits per heavy atom. The number of allylic oxidation sites excluding steroid dienone is 5. The van der Waals surface area contributed by atoms with Crippen molar-refractivity contribution >= 4 is 5.91 Å². The van der Waals surface area contributed by atoms with Gasteiger partial charge in [-0.15, -0.1) is 0 Å². The van der Waals surface area contributed by atoms with Crippen molar-refractivity contribution in [1.82, 2.24) is 5.32 Å². The van der Waals surface area contributed by atoms with Crippen LogP contribution in [-0.2, 0) is 4.79 Å². The van der Waals surface area contributed by atoms with Crippen LogP contribution in [0.1, 0.15) is 48.5 Å². The van der Waals surface area contributed by atoms with Gasteiger partial charge in [0.05, 0.1) is 0 Å². The molecule has 2 nitrogen and oxygen atoms in total. The van der Waals surface area contributed by atoms with Crippen LogP contribution in [-0.4, -0.2) is 5.91 Å². The summed E-state index contributed by atoms with van der Waals surface area (Å²) in [6.45, 7) is 14.5. The number of carbonyl (C=O) groups is 1. The SMILES string of the molecule is C/C=C(\NC(=O)C(C)C)C1=C(C)C(C)=C(C)C1C. The molecule has 0 heterocycles. The Balaban J connectivity index is 3.04. The zero-order chi connectivity index (χ0) is 14.0. The van der Waals surface area contributed by atoms with Crippen molar-refractivity contribution in [3.8, 4) is 0 Å². The lowest BCUT2D eigenvalue weighted by molar-refractivity contribution is -0.123. The molecule has 0 aromatic carbocycles. The first-order valence-corrected chi connectivity index (χ1v) is 6.67. The van der Waals surface area contributed by atoms with Crippen LogP contribution < -0.4 is 5.32 Å². The Labute approximate surface area is 111 Å². The van der Waals surface area contributed by atoms with E-state index in [2.05, 4.69) is 33.0 Å². The van der Waals surface area contributed by atoms with Gasteiger partial charge in [0.1, 0.15) is 0 Å². The summed E-state index contributed by atoms with van der Waals surface area (Å²) < 4.78 is 0. The van der Waals surface area contributed by atoms with Crippen molar-refractivity contribution in [3.05, 3.63) is 34.1 Å². The lowest BCUT2D eigenvalue weighted by atomic mass is 9.95. The van der Waals surface area contributed by atoms with Crippen molar-refractivity contribution in [1.29, 1.82) is 0 Å². The van der Waals surface area contributed by atoms with Gasteiger partial charge in [-0.05, 0) is 44.4 Å². The molecule has 100 valence electrons. The summed E-state index contributed by atoms with van der Waals surface area (Å²) >= 11 is 0. The van der Waals surface area contributed by atoms with Gasteiger partial charge in [0, 0.05) is 17.5 Å². The monoisotopic (exact) mass is 247 g/mol. The molecule has 1 N–H and O–H groups in total. The fourth-order valence-electron chi connectivity index (χ4n) is 2.37. The van der Waals surface area contributed by atoms with E-state index in [9.17, 15) is 4.79 Å². The van der Waals surface area contributed by atoms with E-state index in [4.69, 9.17) is 0 Å². The van der Waals surface area contributed by atoms with Crippen LogP contribution in [0.25, 0.3) is 0 Å². The van der Waals surface area contributed by atoms with Gasteiger partial charge in [0.15, 0.2) is 0 Å². The van der Waals surface area contributed by atoms with Gasteiger partial charge in [0.2, 0.25) is 5.91 Å². The lowest BCUT2D eigenvalue weighted by Gasteiger charge is -2.18. The first-order chi connectivity index (χ1) is 8.31. The number of amides is 1. The van der Waals surface area contributed by atoms with Crippen LogP contribution in [0.4, 0.5) is 0 Å². The first-order valence-electron chi connectivity index (χ1n) is 6.67. The molecule has 0 spiro atoms. The second-order valence-corrected chi connectivity index (χ2v) is 5.41. The molecule has 0 aliphatic heterocycles. The summed E-state index contributed by atoms with van der Waals surface area (Å²) in [5, 5.41) is 3.05. The zero-order valence-corrected chi connectivity index (χ0v) is 12.6. The quantitative estimate of drug-likeness (QED) is 0.803. The average Bonchev–Trinajstić information content (AvgIpc) is 2.51. The number of hydrogen-bond donors (Lipinski definition) is 1. The molecule has 0 saturated heterocycles. The minimum atomic E-state index is 0.00715. The van der Waals surface area contributed by atoms with Gasteiger partial charge in [-0.1, -0.05) is 32.4 Å². The second-order valence-electron chi connectivity index (χ2n) is 5.41. The summed E-state index contributed by atoms with van der Waals surface area (Å²) in [6, 6.07) is 0. The van der Waals surface area contributed by atoms with Crippen molar-refractivity contribution in [2.24, 2.45) is 11.8 Å². The third-order valence-electron chi connectivity index (χ3n) is 4.00. The van der Waals surface area contributed by atoms with E-state index in [0.29, 0.717) is 5.92 Å². The molecule has 1 amide bonds. The van der Waals surface area contributed by atoms with Crippen LogP contribution in [0.3, 0.4) is 0 Å². The maximum Gasteiger partial charge on any atom is 0.226 e. The average molecular weight is 247 g/mol. The molecule has 1 rings (SSSR count). The largest absolute Gasteiger partial charge is 0.326 e. The molecular weight excluding hydrogens is 222 g/mol. The van der Waals surface area contributed by atoms with Gasteiger partial charge < -0.3 is 5.32 Å². The third kappa shape index (κ3) is 2.58. The van der Waals surface area contributed by atoms with Crippen LogP contribution in [0.5, 0.6) is 0 Å². The summed E-state index contributed by atoms with van der Waals surface area (Å²) in [5.41, 5.74) is 6.30. The lowest BCUT2D eigenvalue weighted by Crippen LogP contribution is -2.29. The van der Waals surface area contributed by atoms with Crippen molar-refractivity contribution in [2.45, 2.75) is 48.5 Å². The number of nitrogens with one attached hydrogen (secondary N) is 1. The highest BCUT2D eigenvalue weighted by Crippen LogP contribution is 2.39. The number of rotatable bonds is 3. The molecule has 1 unspecified atom stereocenters. The maximum atomic E-state index is 11.9. The fraction of sp³-hybridized carbons (Fsp3) is 0.562. The van der Waals surface area contributed by atoms with E-state index >= 15 is 0 Å². The normalized spacial score (nSPS) is 21.1. The number of carbonyl (C=O) groups excluding carboxylic acids is 1. The second kappa shape index (κ2) is 5.55. The van der Waals surface area contributed by atoms with E-state index < -0.39 is 0 Å². The van der Waals surface area contributed by atoms with E-state index in [1.54, 1.807) is 0 Å². The summed E-state index contributed by atoms with van der Waals surface area (Å²) in [5.74, 6) is 0.481. The molecule has 2 heteroatoms. The van der Waals surface area contributed by atoms with Crippen molar-refractivity contribution in [3.63, 3.8) is 0 Å². The van der Waals surface area contributed by atoms with Crippen LogP contribution in [0, 0.1) is 11.8 Å². The smallest absolute Gasteiger partial charge is 0.226 e. The van der Waals surface area contributed by atoms with Crippen LogP contribution in [0.15, 0.2) is 34.1 Å². The molecule has 0 aromatic rings. The minimum absolute atomic E-state index is 0.00715. The van der Waals surface area contributed by atoms with Gasteiger partial charge in [0.25, 0.3) is 0 Å². The molecular formula is C16H25NO. The Hall–Kier alpha value is -1.31. The highest BCUT2D eigenvalue weighted by Gasteiger charge is 2.26. The minimum Gasteiger partial charge on any atom is -0.326 e. The molecule has 18 heavy (non-hydrogen) atoms. The maximum absolute atomic E-state index is 11.9. The van der Waals surface area contributed by atoms with E-state index in [1.807, 2.05) is 26.8 Å². The molecule has 0 aromatic heterocycles. The molecule has 1 aliphatic rings. The molecule has 0 fully saturated rings. The summed E-state index contributed by atoms with van der Waals surface area (Å²) in [4.78, 5) is 11.9. The molecule has 0 radical (unpaired) electrons. The Kier molecular flexibility index (Phi) is 4.55. The van der Waals surface area contributed by atoms with Gasteiger partial charge in [-0.2, -0.15) is 0 Å². The van der Waals surface area contributed by atoms with Gasteiger partial charge in [-0.25, -0.2) is 0 Å². The molecule has 0 bridgehead atoms. The highest BCUT2D eigenvalue weighted by molar-refractivity contribution is 5.81. The molecule has 0 saturated carbocycles. The highest BCUT2D eigenvalue weighted by atomic mass is 16.1. The fourth-order valence-corrected chi connectivity index (χ4v) is 2.37.